The van der Waals surface area contributed by atoms with Crippen LogP contribution in [-0.4, -0.2) is 48.6 Å². The first-order valence-electron chi connectivity index (χ1n) is 9.61. The van der Waals surface area contributed by atoms with Crippen LogP contribution in [0.15, 0.2) is 4.99 Å². The first kappa shape index (κ1) is 16.1. The molecule has 3 aliphatic rings. The summed E-state index contributed by atoms with van der Waals surface area (Å²) in [7, 11) is 0. The number of nitrogens with one attached hydrogen (secondary N) is 2. The molecule has 0 radical (unpaired) electrons. The SMILES string of the molecule is CCCC1CC1NC(=NCC)NC1CCN(C2CCCC2)C1. The Balaban J connectivity index is 1.44. The van der Waals surface area contributed by atoms with Crippen molar-refractivity contribution in [1.82, 2.24) is 15.5 Å². The highest BCUT2D eigenvalue weighted by molar-refractivity contribution is 5.80. The van der Waals surface area contributed by atoms with Gasteiger partial charge in [-0.05, 0) is 44.9 Å². The quantitative estimate of drug-likeness (QED) is 0.585. The van der Waals surface area contributed by atoms with E-state index in [0.29, 0.717) is 12.1 Å². The average molecular weight is 306 g/mol. The van der Waals surface area contributed by atoms with Crippen molar-refractivity contribution < 1.29 is 0 Å². The van der Waals surface area contributed by atoms with Gasteiger partial charge in [0.2, 0.25) is 0 Å². The van der Waals surface area contributed by atoms with Crippen LogP contribution in [0.2, 0.25) is 0 Å². The van der Waals surface area contributed by atoms with Crippen molar-refractivity contribution in [2.45, 2.75) is 83.3 Å². The molecule has 2 aliphatic carbocycles. The van der Waals surface area contributed by atoms with E-state index in [9.17, 15) is 0 Å². The molecule has 2 N–H and O–H groups in total. The van der Waals surface area contributed by atoms with Crippen molar-refractivity contribution in [1.29, 1.82) is 0 Å². The number of rotatable bonds is 6. The van der Waals surface area contributed by atoms with Gasteiger partial charge in [-0.2, -0.15) is 0 Å². The fourth-order valence-corrected chi connectivity index (χ4v) is 4.28. The summed E-state index contributed by atoms with van der Waals surface area (Å²) in [6.07, 6.45) is 11.0. The molecule has 3 atom stereocenters. The van der Waals surface area contributed by atoms with Gasteiger partial charge in [-0.15, -0.1) is 0 Å². The molecule has 4 nitrogen and oxygen atoms in total. The Morgan fingerprint density at radius 1 is 1.14 bits per heavy atom. The Hall–Kier alpha value is -0.770. The van der Waals surface area contributed by atoms with Crippen LogP contribution < -0.4 is 10.6 Å². The molecular weight excluding hydrogens is 272 g/mol. The summed E-state index contributed by atoms with van der Waals surface area (Å²) in [5.41, 5.74) is 0. The van der Waals surface area contributed by atoms with Gasteiger partial charge in [0, 0.05) is 37.8 Å². The van der Waals surface area contributed by atoms with Crippen molar-refractivity contribution in [2.24, 2.45) is 10.9 Å². The zero-order valence-corrected chi connectivity index (χ0v) is 14.5. The van der Waals surface area contributed by atoms with Crippen molar-refractivity contribution in [3.8, 4) is 0 Å². The smallest absolute Gasteiger partial charge is 0.191 e. The number of hydrogen-bond donors (Lipinski definition) is 2. The predicted octanol–water partition coefficient (Wildman–Crippen LogP) is 2.75. The van der Waals surface area contributed by atoms with Crippen molar-refractivity contribution in [3.05, 3.63) is 0 Å². The summed E-state index contributed by atoms with van der Waals surface area (Å²) < 4.78 is 0. The Morgan fingerprint density at radius 3 is 2.68 bits per heavy atom. The minimum absolute atomic E-state index is 0.585. The second-order valence-corrected chi connectivity index (χ2v) is 7.42. The van der Waals surface area contributed by atoms with Crippen LogP contribution in [0.3, 0.4) is 0 Å². The number of likely N-dealkylation sites (tertiary alicyclic amines) is 1. The van der Waals surface area contributed by atoms with Crippen molar-refractivity contribution in [2.75, 3.05) is 19.6 Å². The number of guanidine groups is 1. The maximum absolute atomic E-state index is 4.66. The van der Waals surface area contributed by atoms with Crippen LogP contribution in [0.4, 0.5) is 0 Å². The minimum Gasteiger partial charge on any atom is -0.353 e. The Labute approximate surface area is 136 Å². The highest BCUT2D eigenvalue weighted by Gasteiger charge is 2.37. The molecule has 3 unspecified atom stereocenters. The Bertz CT molecular complexity index is 375. The lowest BCUT2D eigenvalue weighted by Gasteiger charge is -2.24. The highest BCUT2D eigenvalue weighted by atomic mass is 15.3. The molecule has 0 aromatic rings. The standard InChI is InChI=1S/C18H34N4/c1-3-7-14-12-17(14)21-18(19-4-2)20-15-10-11-22(13-15)16-8-5-6-9-16/h14-17H,3-13H2,1-2H3,(H2,19,20,21). The van der Waals surface area contributed by atoms with E-state index < -0.39 is 0 Å². The normalized spacial score (nSPS) is 33.4. The van der Waals surface area contributed by atoms with E-state index in [2.05, 4.69) is 34.4 Å². The van der Waals surface area contributed by atoms with E-state index in [1.165, 1.54) is 64.5 Å². The van der Waals surface area contributed by atoms with E-state index in [4.69, 9.17) is 0 Å². The zero-order chi connectivity index (χ0) is 15.4. The average Bonchev–Trinajstić information content (AvgIpc) is 2.95. The summed E-state index contributed by atoms with van der Waals surface area (Å²) in [5, 5.41) is 7.36. The molecule has 1 heterocycles. The molecule has 1 saturated heterocycles. The van der Waals surface area contributed by atoms with E-state index in [1.54, 1.807) is 0 Å². The molecule has 0 spiro atoms. The largest absolute Gasteiger partial charge is 0.353 e. The monoisotopic (exact) mass is 306 g/mol. The highest BCUT2D eigenvalue weighted by Crippen LogP contribution is 2.34. The van der Waals surface area contributed by atoms with Gasteiger partial charge in [-0.3, -0.25) is 9.89 Å². The fraction of sp³-hybridized carbons (Fsp3) is 0.944. The van der Waals surface area contributed by atoms with E-state index in [-0.39, 0.29) is 0 Å². The van der Waals surface area contributed by atoms with Gasteiger partial charge in [0.1, 0.15) is 0 Å². The van der Waals surface area contributed by atoms with Gasteiger partial charge < -0.3 is 10.6 Å². The van der Waals surface area contributed by atoms with Crippen LogP contribution in [0.1, 0.15) is 65.2 Å². The molecule has 0 aromatic carbocycles. The molecule has 22 heavy (non-hydrogen) atoms. The number of aliphatic imine (C=N–C) groups is 1. The lowest BCUT2D eigenvalue weighted by atomic mass is 10.2. The van der Waals surface area contributed by atoms with Crippen molar-refractivity contribution >= 4 is 5.96 Å². The van der Waals surface area contributed by atoms with Gasteiger partial charge in [0.05, 0.1) is 0 Å². The molecule has 0 aromatic heterocycles. The maximum Gasteiger partial charge on any atom is 0.191 e. The van der Waals surface area contributed by atoms with Crippen LogP contribution in [0.5, 0.6) is 0 Å². The summed E-state index contributed by atoms with van der Waals surface area (Å²) in [5.74, 6) is 1.94. The third-order valence-electron chi connectivity index (χ3n) is 5.62. The van der Waals surface area contributed by atoms with E-state index in [0.717, 1.165) is 24.5 Å². The molecular formula is C18H34N4. The molecule has 126 valence electrons. The number of nitrogens with zero attached hydrogens (tertiary/aromatic N) is 2. The lowest BCUT2D eigenvalue weighted by Crippen LogP contribution is -2.46. The summed E-state index contributed by atoms with van der Waals surface area (Å²) >= 11 is 0. The van der Waals surface area contributed by atoms with E-state index in [1.807, 2.05) is 0 Å². The van der Waals surface area contributed by atoms with Crippen LogP contribution >= 0.6 is 0 Å². The topological polar surface area (TPSA) is 39.7 Å². The molecule has 3 fully saturated rings. The molecule has 4 heteroatoms. The maximum atomic E-state index is 4.66. The van der Waals surface area contributed by atoms with Gasteiger partial charge in [-0.25, -0.2) is 0 Å². The van der Waals surface area contributed by atoms with Crippen LogP contribution in [0, 0.1) is 5.92 Å². The summed E-state index contributed by atoms with van der Waals surface area (Å²) in [6.45, 7) is 7.74. The zero-order valence-electron chi connectivity index (χ0n) is 14.5. The molecule has 1 aliphatic heterocycles. The molecule has 2 saturated carbocycles. The fourth-order valence-electron chi connectivity index (χ4n) is 4.28. The third kappa shape index (κ3) is 4.15. The van der Waals surface area contributed by atoms with Gasteiger partial charge in [0.15, 0.2) is 5.96 Å². The lowest BCUT2D eigenvalue weighted by molar-refractivity contribution is 0.242. The Morgan fingerprint density at radius 2 is 1.95 bits per heavy atom. The summed E-state index contributed by atoms with van der Waals surface area (Å²) in [6, 6.07) is 2.12. The van der Waals surface area contributed by atoms with Crippen LogP contribution in [-0.2, 0) is 0 Å². The first-order valence-corrected chi connectivity index (χ1v) is 9.61. The second kappa shape index (κ2) is 7.67. The number of hydrogen-bond acceptors (Lipinski definition) is 2. The van der Waals surface area contributed by atoms with E-state index >= 15 is 0 Å². The molecule has 0 amide bonds. The summed E-state index contributed by atoms with van der Waals surface area (Å²) in [4.78, 5) is 7.37. The molecule has 3 rings (SSSR count). The predicted molar refractivity (Wildman–Crippen MR) is 93.3 cm³/mol. The van der Waals surface area contributed by atoms with Crippen LogP contribution in [0.25, 0.3) is 0 Å². The second-order valence-electron chi connectivity index (χ2n) is 7.42. The molecule has 0 bridgehead atoms. The van der Waals surface area contributed by atoms with Gasteiger partial charge in [-0.1, -0.05) is 26.2 Å². The first-order chi connectivity index (χ1) is 10.8. The minimum atomic E-state index is 0.585. The Kier molecular flexibility index (Phi) is 5.61. The van der Waals surface area contributed by atoms with Crippen molar-refractivity contribution in [3.63, 3.8) is 0 Å². The van der Waals surface area contributed by atoms with Gasteiger partial charge in [0.25, 0.3) is 0 Å². The third-order valence-corrected chi connectivity index (χ3v) is 5.62. The van der Waals surface area contributed by atoms with Gasteiger partial charge >= 0.3 is 0 Å².